The van der Waals surface area contributed by atoms with E-state index < -0.39 is 0 Å². The predicted octanol–water partition coefficient (Wildman–Crippen LogP) is 4.68. The van der Waals surface area contributed by atoms with Crippen LogP contribution < -0.4 is 4.74 Å². The molecule has 1 aliphatic rings. The summed E-state index contributed by atoms with van der Waals surface area (Å²) >= 11 is 1.68. The van der Waals surface area contributed by atoms with Crippen molar-refractivity contribution in [1.82, 2.24) is 4.90 Å². The van der Waals surface area contributed by atoms with Crippen molar-refractivity contribution >= 4 is 11.8 Å². The largest absolute Gasteiger partial charge is 0.496 e. The molecule has 0 unspecified atom stereocenters. The SMILES string of the molecule is COc1cc(CN(C)[C@@H]2CCc3c(F)cccc32)ccc1SC. The van der Waals surface area contributed by atoms with Crippen LogP contribution >= 0.6 is 11.8 Å². The van der Waals surface area contributed by atoms with Gasteiger partial charge >= 0.3 is 0 Å². The summed E-state index contributed by atoms with van der Waals surface area (Å²) in [6, 6.07) is 12.1. The molecule has 0 aliphatic heterocycles. The highest BCUT2D eigenvalue weighted by atomic mass is 32.2. The maximum Gasteiger partial charge on any atom is 0.132 e. The molecule has 23 heavy (non-hydrogen) atoms. The number of thioether (sulfide) groups is 1. The molecule has 0 spiro atoms. The predicted molar refractivity (Wildman–Crippen MR) is 93.7 cm³/mol. The van der Waals surface area contributed by atoms with Gasteiger partial charge in [0.15, 0.2) is 0 Å². The highest BCUT2D eigenvalue weighted by Crippen LogP contribution is 2.37. The molecule has 0 amide bonds. The zero-order valence-corrected chi connectivity index (χ0v) is 14.6. The van der Waals surface area contributed by atoms with Gasteiger partial charge in [-0.05, 0) is 61.0 Å². The molecule has 0 fully saturated rings. The lowest BCUT2D eigenvalue weighted by Gasteiger charge is -2.25. The van der Waals surface area contributed by atoms with E-state index in [1.165, 1.54) is 5.56 Å². The molecule has 0 saturated carbocycles. The second kappa shape index (κ2) is 6.93. The number of benzene rings is 2. The third kappa shape index (κ3) is 3.24. The van der Waals surface area contributed by atoms with Gasteiger partial charge in [0.05, 0.1) is 7.11 Å². The third-order valence-electron chi connectivity index (χ3n) is 4.59. The van der Waals surface area contributed by atoms with Crippen LogP contribution in [0, 0.1) is 5.82 Å². The Hall–Kier alpha value is -1.52. The van der Waals surface area contributed by atoms with Crippen LogP contribution in [0.3, 0.4) is 0 Å². The molecule has 0 radical (unpaired) electrons. The van der Waals surface area contributed by atoms with Crippen molar-refractivity contribution < 1.29 is 9.13 Å². The van der Waals surface area contributed by atoms with E-state index in [1.807, 2.05) is 12.3 Å². The first-order valence-corrected chi connectivity index (χ1v) is 9.05. The smallest absolute Gasteiger partial charge is 0.132 e. The van der Waals surface area contributed by atoms with Crippen molar-refractivity contribution in [3.63, 3.8) is 0 Å². The van der Waals surface area contributed by atoms with E-state index in [1.54, 1.807) is 24.9 Å². The minimum absolute atomic E-state index is 0.0654. The number of ether oxygens (including phenoxy) is 1. The summed E-state index contributed by atoms with van der Waals surface area (Å²) in [5.41, 5.74) is 3.24. The topological polar surface area (TPSA) is 12.5 Å². The van der Waals surface area contributed by atoms with E-state index in [-0.39, 0.29) is 11.9 Å². The molecule has 3 rings (SSSR count). The molecule has 0 N–H and O–H groups in total. The first kappa shape index (κ1) is 16.3. The fraction of sp³-hybridized carbons (Fsp3) is 0.368. The normalized spacial score (nSPS) is 16.7. The molecule has 0 saturated heterocycles. The Morgan fingerprint density at radius 2 is 2.13 bits per heavy atom. The van der Waals surface area contributed by atoms with E-state index in [2.05, 4.69) is 36.2 Å². The Labute approximate surface area is 141 Å². The molecule has 0 heterocycles. The molecule has 2 aromatic rings. The Bertz CT molecular complexity index is 704. The van der Waals surface area contributed by atoms with Crippen LogP contribution in [-0.2, 0) is 13.0 Å². The Kier molecular flexibility index (Phi) is 4.93. The summed E-state index contributed by atoms with van der Waals surface area (Å²) < 4.78 is 19.4. The van der Waals surface area contributed by atoms with Crippen LogP contribution in [0.15, 0.2) is 41.3 Å². The van der Waals surface area contributed by atoms with Crippen LogP contribution in [-0.4, -0.2) is 25.3 Å². The van der Waals surface area contributed by atoms with Crippen molar-refractivity contribution in [1.29, 1.82) is 0 Å². The van der Waals surface area contributed by atoms with Gasteiger partial charge in [-0.15, -0.1) is 11.8 Å². The van der Waals surface area contributed by atoms with Gasteiger partial charge in [-0.25, -0.2) is 4.39 Å². The van der Waals surface area contributed by atoms with E-state index in [4.69, 9.17) is 4.74 Å². The summed E-state index contributed by atoms with van der Waals surface area (Å²) in [6.07, 6.45) is 3.85. The molecule has 1 atom stereocenters. The average Bonchev–Trinajstić information content (AvgIpc) is 3.00. The quantitative estimate of drug-likeness (QED) is 0.739. The van der Waals surface area contributed by atoms with Crippen molar-refractivity contribution in [2.75, 3.05) is 20.4 Å². The molecule has 122 valence electrons. The first-order valence-electron chi connectivity index (χ1n) is 7.82. The molecule has 0 aromatic heterocycles. The zero-order chi connectivity index (χ0) is 16.4. The fourth-order valence-electron chi connectivity index (χ4n) is 3.42. The van der Waals surface area contributed by atoms with Crippen LogP contribution in [0.2, 0.25) is 0 Å². The summed E-state index contributed by atoms with van der Waals surface area (Å²) in [5, 5.41) is 0. The molecule has 4 heteroatoms. The maximum atomic E-state index is 13.9. The van der Waals surface area contributed by atoms with Crippen LogP contribution in [0.5, 0.6) is 5.75 Å². The van der Waals surface area contributed by atoms with E-state index in [0.717, 1.165) is 41.2 Å². The molecule has 0 bridgehead atoms. The zero-order valence-electron chi connectivity index (χ0n) is 13.8. The third-order valence-corrected chi connectivity index (χ3v) is 5.37. The van der Waals surface area contributed by atoms with Gasteiger partial charge in [0, 0.05) is 17.5 Å². The molecule has 2 aromatic carbocycles. The van der Waals surface area contributed by atoms with Gasteiger partial charge in [-0.1, -0.05) is 18.2 Å². The summed E-state index contributed by atoms with van der Waals surface area (Å²) in [6.45, 7) is 0.825. The lowest BCUT2D eigenvalue weighted by molar-refractivity contribution is 0.235. The van der Waals surface area contributed by atoms with Gasteiger partial charge in [-0.3, -0.25) is 4.90 Å². The standard InChI is InChI=1S/C19H22FNOS/c1-21(12-13-7-10-19(23-3)18(11-13)22-2)17-9-8-14-15(17)5-4-6-16(14)20/h4-7,10-11,17H,8-9,12H2,1-3H3/t17-/m1/s1. The average molecular weight is 331 g/mol. The summed E-state index contributed by atoms with van der Waals surface area (Å²) in [4.78, 5) is 3.45. The molecular weight excluding hydrogens is 309 g/mol. The lowest BCUT2D eigenvalue weighted by atomic mass is 10.1. The number of nitrogens with zero attached hydrogens (tertiary/aromatic N) is 1. The minimum Gasteiger partial charge on any atom is -0.496 e. The van der Waals surface area contributed by atoms with Crippen molar-refractivity contribution in [3.05, 3.63) is 58.9 Å². The first-order chi connectivity index (χ1) is 11.1. The monoisotopic (exact) mass is 331 g/mol. The number of hydrogen-bond donors (Lipinski definition) is 0. The number of fused-ring (bicyclic) bond motifs is 1. The minimum atomic E-state index is -0.0654. The van der Waals surface area contributed by atoms with Crippen molar-refractivity contribution in [2.45, 2.75) is 30.3 Å². The summed E-state index contributed by atoms with van der Waals surface area (Å²) in [7, 11) is 3.82. The van der Waals surface area contributed by atoms with Crippen LogP contribution in [0.1, 0.15) is 29.2 Å². The molecular formula is C19H22FNOS. The second-order valence-corrected chi connectivity index (χ2v) is 6.81. The Morgan fingerprint density at radius 3 is 2.87 bits per heavy atom. The van der Waals surface area contributed by atoms with Gasteiger partial charge in [0.1, 0.15) is 11.6 Å². The van der Waals surface area contributed by atoms with E-state index in [9.17, 15) is 4.39 Å². The maximum absolute atomic E-state index is 13.9. The van der Waals surface area contributed by atoms with Gasteiger partial charge in [0.2, 0.25) is 0 Å². The Morgan fingerprint density at radius 1 is 1.30 bits per heavy atom. The summed E-state index contributed by atoms with van der Waals surface area (Å²) in [5.74, 6) is 0.852. The van der Waals surface area contributed by atoms with Gasteiger partial charge < -0.3 is 4.74 Å². The van der Waals surface area contributed by atoms with Gasteiger partial charge in [0.25, 0.3) is 0 Å². The lowest BCUT2D eigenvalue weighted by Crippen LogP contribution is -2.22. The number of rotatable bonds is 5. The fourth-order valence-corrected chi connectivity index (χ4v) is 3.97. The number of hydrogen-bond acceptors (Lipinski definition) is 3. The number of methoxy groups -OCH3 is 1. The van der Waals surface area contributed by atoms with Crippen molar-refractivity contribution in [3.8, 4) is 5.75 Å². The highest BCUT2D eigenvalue weighted by molar-refractivity contribution is 7.98. The van der Waals surface area contributed by atoms with E-state index >= 15 is 0 Å². The molecule has 1 aliphatic carbocycles. The highest BCUT2D eigenvalue weighted by Gasteiger charge is 2.27. The Balaban J connectivity index is 1.79. The van der Waals surface area contributed by atoms with Gasteiger partial charge in [-0.2, -0.15) is 0 Å². The van der Waals surface area contributed by atoms with Crippen LogP contribution in [0.25, 0.3) is 0 Å². The van der Waals surface area contributed by atoms with E-state index in [0.29, 0.717) is 0 Å². The number of halogens is 1. The second-order valence-electron chi connectivity index (χ2n) is 5.97. The molecule has 2 nitrogen and oxygen atoms in total. The van der Waals surface area contributed by atoms with Crippen LogP contribution in [0.4, 0.5) is 4.39 Å². The van der Waals surface area contributed by atoms with Crippen molar-refractivity contribution in [2.24, 2.45) is 0 Å².